The van der Waals surface area contributed by atoms with Crippen LogP contribution < -0.4 is 11.1 Å². The summed E-state index contributed by atoms with van der Waals surface area (Å²) in [6.45, 7) is 1.76. The molecular weight excluding hydrogens is 486 g/mol. The van der Waals surface area contributed by atoms with Crippen LogP contribution in [0.25, 0.3) is 11.4 Å². The molecule has 0 aliphatic rings. The summed E-state index contributed by atoms with van der Waals surface area (Å²) in [7, 11) is 4.16. The van der Waals surface area contributed by atoms with Gasteiger partial charge in [-0.25, -0.2) is 0 Å². The zero-order valence-corrected chi connectivity index (χ0v) is 22.6. The van der Waals surface area contributed by atoms with Crippen LogP contribution in [0.5, 0.6) is 0 Å². The fourth-order valence-electron chi connectivity index (χ4n) is 4.69. The number of rotatable bonds is 16. The second-order valence-corrected chi connectivity index (χ2v) is 10.2. The fourth-order valence-corrected chi connectivity index (χ4v) is 5.42. The molecule has 0 saturated carbocycles. The molecule has 2 aromatic heterocycles. The summed E-state index contributed by atoms with van der Waals surface area (Å²) < 4.78 is 5.40. The molecule has 3 aromatic rings. The van der Waals surface area contributed by atoms with Crippen molar-refractivity contribution < 1.29 is 0 Å². The Morgan fingerprint density at radius 1 is 0.941 bits per heavy atom. The molecule has 0 bridgehead atoms. The van der Waals surface area contributed by atoms with E-state index >= 15 is 0 Å². The zero-order valence-electron chi connectivity index (χ0n) is 21.0. The van der Waals surface area contributed by atoms with Crippen molar-refractivity contribution in [2.75, 3.05) is 13.1 Å². The van der Waals surface area contributed by atoms with Gasteiger partial charge in [0.1, 0.15) is 0 Å². The number of halogens is 1. The lowest BCUT2D eigenvalue weighted by Gasteiger charge is -2.17. The Labute approximate surface area is 214 Å². The van der Waals surface area contributed by atoms with Crippen molar-refractivity contribution in [3.05, 3.63) is 64.4 Å². The number of aryl methyl sites for hydroxylation is 2. The van der Waals surface area contributed by atoms with Crippen molar-refractivity contribution in [3.63, 3.8) is 0 Å². The Kier molecular flexibility index (Phi) is 11.4. The van der Waals surface area contributed by atoms with Crippen LogP contribution in [0.1, 0.15) is 62.6 Å². The Bertz CT molecular complexity index is 963. The Balaban J connectivity index is 1.21. The summed E-state index contributed by atoms with van der Waals surface area (Å²) in [6, 6.07) is 15.4. The molecule has 3 N–H and O–H groups in total. The average molecular weight is 529 g/mol. The minimum atomic E-state index is 0.382. The molecule has 0 amide bonds. The number of aromatic nitrogens is 3. The van der Waals surface area contributed by atoms with E-state index in [9.17, 15) is 0 Å². The van der Waals surface area contributed by atoms with E-state index < -0.39 is 0 Å². The van der Waals surface area contributed by atoms with Crippen LogP contribution in [-0.4, -0.2) is 33.5 Å². The predicted octanol–water partition coefficient (Wildman–Crippen LogP) is 6.01. The molecule has 34 heavy (non-hydrogen) atoms. The van der Waals surface area contributed by atoms with Crippen LogP contribution in [0.2, 0.25) is 0 Å². The molecule has 0 fully saturated rings. The molecule has 0 radical (unpaired) electrons. The maximum Gasteiger partial charge on any atom is 0.0854 e. The highest BCUT2D eigenvalue weighted by Crippen LogP contribution is 2.31. The van der Waals surface area contributed by atoms with Gasteiger partial charge in [0, 0.05) is 43.0 Å². The number of nitrogens with zero attached hydrogens (tertiary/aromatic N) is 3. The summed E-state index contributed by atoms with van der Waals surface area (Å²) in [5.41, 5.74) is 11.1. The molecule has 5 nitrogen and oxygen atoms in total. The van der Waals surface area contributed by atoms with E-state index in [1.807, 2.05) is 17.9 Å². The summed E-state index contributed by atoms with van der Waals surface area (Å²) in [5, 5.41) is 7.95. The molecule has 0 spiro atoms. The minimum Gasteiger partial charge on any atom is -0.345 e. The molecule has 1 atom stereocenters. The number of benzene rings is 1. The first-order valence-corrected chi connectivity index (χ1v) is 13.7. The molecule has 3 rings (SSSR count). The molecule has 6 heteroatoms. The van der Waals surface area contributed by atoms with E-state index in [0.717, 1.165) is 29.6 Å². The van der Waals surface area contributed by atoms with Crippen LogP contribution in [0, 0.1) is 0 Å². The van der Waals surface area contributed by atoms with Gasteiger partial charge < -0.3 is 15.6 Å². The third-order valence-electron chi connectivity index (χ3n) is 6.75. The van der Waals surface area contributed by atoms with Crippen LogP contribution in [0.3, 0.4) is 0 Å². The minimum absolute atomic E-state index is 0.382. The highest BCUT2D eigenvalue weighted by Gasteiger charge is 2.15. The van der Waals surface area contributed by atoms with Gasteiger partial charge in [0.15, 0.2) is 0 Å². The first-order valence-electron chi connectivity index (χ1n) is 12.9. The molecule has 1 aromatic carbocycles. The van der Waals surface area contributed by atoms with Crippen molar-refractivity contribution >= 4 is 15.9 Å². The largest absolute Gasteiger partial charge is 0.345 e. The van der Waals surface area contributed by atoms with Gasteiger partial charge in [-0.1, -0.05) is 68.9 Å². The smallest absolute Gasteiger partial charge is 0.0854 e. The Hall–Kier alpha value is -1.89. The summed E-state index contributed by atoms with van der Waals surface area (Å²) in [6.07, 6.45) is 14.5. The number of hydrogen-bond acceptors (Lipinski definition) is 3. The Morgan fingerprint density at radius 3 is 2.26 bits per heavy atom. The lowest BCUT2D eigenvalue weighted by molar-refractivity contribution is 0.489. The van der Waals surface area contributed by atoms with E-state index in [4.69, 9.17) is 5.73 Å². The SMILES string of the molecule is Cn1nccc1-c1c(Br)cc(CCCCCCCCCCNC(CN)Cc2ccccc2)n1C. The third kappa shape index (κ3) is 8.10. The fraction of sp³-hybridized carbons (Fsp3) is 0.536. The summed E-state index contributed by atoms with van der Waals surface area (Å²) in [4.78, 5) is 0. The highest BCUT2D eigenvalue weighted by atomic mass is 79.9. The molecule has 186 valence electrons. The summed E-state index contributed by atoms with van der Waals surface area (Å²) in [5.74, 6) is 0. The second-order valence-electron chi connectivity index (χ2n) is 9.39. The van der Waals surface area contributed by atoms with Crippen molar-refractivity contribution in [2.45, 2.75) is 70.3 Å². The Morgan fingerprint density at radius 2 is 1.62 bits per heavy atom. The van der Waals surface area contributed by atoms with E-state index in [1.165, 1.54) is 68.3 Å². The normalized spacial score (nSPS) is 12.4. The lowest BCUT2D eigenvalue weighted by Crippen LogP contribution is -2.38. The van der Waals surface area contributed by atoms with Gasteiger partial charge in [0.25, 0.3) is 0 Å². The van der Waals surface area contributed by atoms with Crippen LogP contribution in [0.4, 0.5) is 0 Å². The molecule has 0 aliphatic carbocycles. The number of unbranched alkanes of at least 4 members (excludes halogenated alkanes) is 7. The van der Waals surface area contributed by atoms with Crippen molar-refractivity contribution in [1.29, 1.82) is 0 Å². The molecule has 0 saturated heterocycles. The average Bonchev–Trinajstić information content (AvgIpc) is 3.38. The number of nitrogens with two attached hydrogens (primary N) is 1. The third-order valence-corrected chi connectivity index (χ3v) is 7.36. The number of nitrogens with one attached hydrogen (secondary N) is 1. The zero-order chi connectivity index (χ0) is 24.2. The van der Waals surface area contributed by atoms with Gasteiger partial charge in [0.05, 0.1) is 11.4 Å². The van der Waals surface area contributed by atoms with Gasteiger partial charge in [-0.2, -0.15) is 5.10 Å². The van der Waals surface area contributed by atoms with E-state index in [0.29, 0.717) is 12.6 Å². The monoisotopic (exact) mass is 527 g/mol. The van der Waals surface area contributed by atoms with Crippen molar-refractivity contribution in [3.8, 4) is 11.4 Å². The topological polar surface area (TPSA) is 60.8 Å². The molecule has 1 unspecified atom stereocenters. The molecule has 0 aliphatic heterocycles. The van der Waals surface area contributed by atoms with E-state index in [-0.39, 0.29) is 0 Å². The summed E-state index contributed by atoms with van der Waals surface area (Å²) >= 11 is 3.75. The molecular formula is C28H42BrN5. The van der Waals surface area contributed by atoms with Gasteiger partial charge in [-0.15, -0.1) is 0 Å². The predicted molar refractivity (Wildman–Crippen MR) is 147 cm³/mol. The van der Waals surface area contributed by atoms with Crippen molar-refractivity contribution in [1.82, 2.24) is 19.7 Å². The highest BCUT2D eigenvalue weighted by molar-refractivity contribution is 9.10. The molecule has 2 heterocycles. The van der Waals surface area contributed by atoms with Gasteiger partial charge in [-0.05, 0) is 65.9 Å². The number of hydrogen-bond donors (Lipinski definition) is 2. The lowest BCUT2D eigenvalue weighted by atomic mass is 10.0. The first-order chi connectivity index (χ1) is 16.6. The van der Waals surface area contributed by atoms with Crippen LogP contribution in [-0.2, 0) is 26.9 Å². The second kappa shape index (κ2) is 14.5. The maximum atomic E-state index is 5.95. The van der Waals surface area contributed by atoms with Crippen LogP contribution in [0.15, 0.2) is 53.1 Å². The van der Waals surface area contributed by atoms with Crippen molar-refractivity contribution in [2.24, 2.45) is 19.8 Å². The maximum absolute atomic E-state index is 5.95. The first kappa shape index (κ1) is 26.7. The van der Waals surface area contributed by atoms with Gasteiger partial charge >= 0.3 is 0 Å². The van der Waals surface area contributed by atoms with Crippen LogP contribution >= 0.6 is 15.9 Å². The van der Waals surface area contributed by atoms with Gasteiger partial charge in [-0.3, -0.25) is 4.68 Å². The van der Waals surface area contributed by atoms with E-state index in [1.54, 1.807) is 0 Å². The van der Waals surface area contributed by atoms with Gasteiger partial charge in [0.2, 0.25) is 0 Å². The standard InChI is InChI=1S/C28H42BrN5/c1-33-25(21-26(29)28(33)27-17-19-32-34(27)2)16-12-7-5-3-4-6-8-13-18-31-24(22-30)20-23-14-10-9-11-15-23/h9-11,14-15,17,19,21,24,31H,3-8,12-13,16,18,20,22,30H2,1-2H3. The van der Waals surface area contributed by atoms with E-state index in [2.05, 4.69) is 80.4 Å². The quantitative estimate of drug-likeness (QED) is 0.224.